The van der Waals surface area contributed by atoms with Gasteiger partial charge in [0.05, 0.1) is 6.61 Å². The maximum atomic E-state index is 11.8. The van der Waals surface area contributed by atoms with Gasteiger partial charge in [-0.3, -0.25) is 4.84 Å². The van der Waals surface area contributed by atoms with E-state index in [4.69, 9.17) is 14.7 Å². The lowest BCUT2D eigenvalue weighted by molar-refractivity contribution is -0.342. The molecule has 0 aromatic heterocycles. The summed E-state index contributed by atoms with van der Waals surface area (Å²) >= 11 is 0. The predicted molar refractivity (Wildman–Crippen MR) is 63.3 cm³/mol. The first-order valence-electron chi connectivity index (χ1n) is 5.66. The second-order valence-electron chi connectivity index (χ2n) is 5.56. The minimum atomic E-state index is -0.550. The number of aliphatic hydroxyl groups excluding tert-OH is 1. The van der Waals surface area contributed by atoms with Crippen LogP contribution in [0.2, 0.25) is 0 Å². The fourth-order valence-corrected chi connectivity index (χ4v) is 1.55. The molecule has 98 valence electrons. The lowest BCUT2D eigenvalue weighted by atomic mass is 9.95. The summed E-state index contributed by atoms with van der Waals surface area (Å²) in [4.78, 5) is 17.2. The van der Waals surface area contributed by atoms with Crippen LogP contribution in [0.5, 0.6) is 0 Å². The third-order valence-corrected chi connectivity index (χ3v) is 2.30. The number of carbonyl (C=O) groups excluding carboxylic acids is 1. The minimum Gasteiger partial charge on any atom is -0.442 e. The van der Waals surface area contributed by atoms with E-state index in [1.165, 1.54) is 5.06 Å². The Hall–Kier alpha value is -1.07. The molecule has 1 saturated heterocycles. The van der Waals surface area contributed by atoms with Gasteiger partial charge >= 0.3 is 6.09 Å². The zero-order valence-corrected chi connectivity index (χ0v) is 11.1. The van der Waals surface area contributed by atoms with Crippen LogP contribution in [0.1, 0.15) is 34.6 Å². The molecule has 1 amide bonds. The highest BCUT2D eigenvalue weighted by atomic mass is 16.8. The maximum Gasteiger partial charge on any atom is 0.435 e. The zero-order chi connectivity index (χ0) is 13.3. The highest BCUT2D eigenvalue weighted by molar-refractivity contribution is 5.68. The van der Waals surface area contributed by atoms with E-state index < -0.39 is 17.3 Å². The SMILES string of the molecule is CC(C)(C)OC(=O)N1OC(C)(C)[C@H]1/C=C/CO. The third kappa shape index (κ3) is 3.44. The van der Waals surface area contributed by atoms with Crippen molar-refractivity contribution in [2.45, 2.75) is 51.9 Å². The number of carbonyl (C=O) groups is 1. The molecule has 1 fully saturated rings. The molecule has 0 spiro atoms. The van der Waals surface area contributed by atoms with Gasteiger partial charge in [0.25, 0.3) is 0 Å². The standard InChI is InChI=1S/C12H21NO4/c1-11(2,3)16-10(15)13-9(7-6-8-14)12(4,5)17-13/h6-7,9,14H,8H2,1-5H3/b7-6+/t9-/m1/s1. The number of rotatable bonds is 2. The summed E-state index contributed by atoms with van der Waals surface area (Å²) in [5, 5.41) is 9.95. The topological polar surface area (TPSA) is 59.0 Å². The molecule has 1 atom stereocenters. The van der Waals surface area contributed by atoms with E-state index in [-0.39, 0.29) is 12.6 Å². The smallest absolute Gasteiger partial charge is 0.435 e. The summed E-state index contributed by atoms with van der Waals surface area (Å²) in [6, 6.07) is -0.218. The van der Waals surface area contributed by atoms with E-state index in [9.17, 15) is 4.79 Å². The largest absolute Gasteiger partial charge is 0.442 e. The number of hydroxylamine groups is 2. The second-order valence-corrected chi connectivity index (χ2v) is 5.56. The Morgan fingerprint density at radius 1 is 1.53 bits per heavy atom. The van der Waals surface area contributed by atoms with Crippen LogP contribution in [0, 0.1) is 0 Å². The Labute approximate surface area is 102 Å². The molecule has 1 N–H and O–H groups in total. The first-order chi connectivity index (χ1) is 7.67. The average molecular weight is 243 g/mol. The molecule has 5 nitrogen and oxygen atoms in total. The third-order valence-electron chi connectivity index (χ3n) is 2.30. The lowest BCUT2D eigenvalue weighted by Crippen LogP contribution is -2.66. The van der Waals surface area contributed by atoms with Crippen molar-refractivity contribution in [1.82, 2.24) is 5.06 Å². The van der Waals surface area contributed by atoms with Gasteiger partial charge in [-0.2, -0.15) is 5.06 Å². The average Bonchev–Trinajstić information content (AvgIpc) is 2.12. The van der Waals surface area contributed by atoms with E-state index in [1.54, 1.807) is 32.9 Å². The molecule has 0 radical (unpaired) electrons. The van der Waals surface area contributed by atoms with Crippen LogP contribution in [-0.2, 0) is 9.57 Å². The summed E-state index contributed by atoms with van der Waals surface area (Å²) in [5.74, 6) is 0. The highest BCUT2D eigenvalue weighted by Gasteiger charge is 2.50. The number of hydrogen-bond acceptors (Lipinski definition) is 4. The molecular weight excluding hydrogens is 222 g/mol. The van der Waals surface area contributed by atoms with Gasteiger partial charge < -0.3 is 9.84 Å². The second kappa shape index (κ2) is 4.66. The van der Waals surface area contributed by atoms with Gasteiger partial charge in [-0.05, 0) is 34.6 Å². The van der Waals surface area contributed by atoms with E-state index >= 15 is 0 Å². The van der Waals surface area contributed by atoms with Crippen molar-refractivity contribution in [2.24, 2.45) is 0 Å². The summed E-state index contributed by atoms with van der Waals surface area (Å²) < 4.78 is 5.21. The minimum absolute atomic E-state index is 0.0608. The number of hydrogen-bond donors (Lipinski definition) is 1. The molecule has 0 unspecified atom stereocenters. The fourth-order valence-electron chi connectivity index (χ4n) is 1.55. The van der Waals surface area contributed by atoms with Gasteiger partial charge in [-0.1, -0.05) is 12.2 Å². The van der Waals surface area contributed by atoms with Crippen LogP contribution in [0.3, 0.4) is 0 Å². The van der Waals surface area contributed by atoms with Gasteiger partial charge in [0.2, 0.25) is 0 Å². The molecule has 1 aliphatic rings. The number of ether oxygens (including phenoxy) is 1. The Morgan fingerprint density at radius 3 is 2.53 bits per heavy atom. The Bertz CT molecular complexity index is 317. The Morgan fingerprint density at radius 2 is 2.12 bits per heavy atom. The van der Waals surface area contributed by atoms with Gasteiger partial charge in [0.15, 0.2) is 0 Å². The molecular formula is C12H21NO4. The zero-order valence-electron chi connectivity index (χ0n) is 11.1. The van der Waals surface area contributed by atoms with Crippen molar-refractivity contribution in [3.63, 3.8) is 0 Å². The van der Waals surface area contributed by atoms with Gasteiger partial charge in [-0.15, -0.1) is 0 Å². The van der Waals surface area contributed by atoms with Crippen molar-refractivity contribution in [1.29, 1.82) is 0 Å². The quantitative estimate of drug-likeness (QED) is 0.752. The van der Waals surface area contributed by atoms with E-state index in [0.717, 1.165) is 0 Å². The number of amides is 1. The first-order valence-corrected chi connectivity index (χ1v) is 5.66. The van der Waals surface area contributed by atoms with E-state index in [2.05, 4.69) is 0 Å². The summed E-state index contributed by atoms with van der Waals surface area (Å²) in [6.07, 6.45) is 2.82. The maximum absolute atomic E-state index is 11.8. The van der Waals surface area contributed by atoms with E-state index in [1.807, 2.05) is 13.8 Å². The molecule has 0 aromatic rings. The molecule has 5 heteroatoms. The molecule has 0 aromatic carbocycles. The monoisotopic (exact) mass is 243 g/mol. The lowest BCUT2D eigenvalue weighted by Gasteiger charge is -2.50. The van der Waals surface area contributed by atoms with Crippen LogP contribution >= 0.6 is 0 Å². The fraction of sp³-hybridized carbons (Fsp3) is 0.750. The molecule has 0 aliphatic carbocycles. The summed E-state index contributed by atoms with van der Waals surface area (Å²) in [6.45, 7) is 9.09. The van der Waals surface area contributed by atoms with Gasteiger partial charge in [0.1, 0.15) is 17.2 Å². The number of nitrogens with zero attached hydrogens (tertiary/aromatic N) is 1. The summed E-state index contributed by atoms with van der Waals surface area (Å²) in [7, 11) is 0. The Kier molecular flexibility index (Phi) is 3.84. The molecule has 1 aliphatic heterocycles. The molecule has 1 rings (SSSR count). The number of aliphatic hydroxyl groups is 1. The van der Waals surface area contributed by atoms with Gasteiger partial charge in [-0.25, -0.2) is 4.79 Å². The predicted octanol–water partition coefficient (Wildman–Crippen LogP) is 1.86. The van der Waals surface area contributed by atoms with Gasteiger partial charge in [0, 0.05) is 0 Å². The van der Waals surface area contributed by atoms with Crippen LogP contribution in [0.15, 0.2) is 12.2 Å². The van der Waals surface area contributed by atoms with E-state index in [0.29, 0.717) is 0 Å². The highest BCUT2D eigenvalue weighted by Crippen LogP contribution is 2.35. The molecule has 0 saturated carbocycles. The normalized spacial score (nSPS) is 23.6. The van der Waals surface area contributed by atoms with Crippen molar-refractivity contribution in [3.8, 4) is 0 Å². The summed E-state index contributed by atoms with van der Waals surface area (Å²) in [5.41, 5.74) is -1.01. The molecule has 0 bridgehead atoms. The van der Waals surface area contributed by atoms with Crippen molar-refractivity contribution in [2.75, 3.05) is 6.61 Å². The van der Waals surface area contributed by atoms with Crippen molar-refractivity contribution >= 4 is 6.09 Å². The molecule has 1 heterocycles. The van der Waals surface area contributed by atoms with Crippen LogP contribution in [-0.4, -0.2) is 40.1 Å². The van der Waals surface area contributed by atoms with Crippen LogP contribution in [0.4, 0.5) is 4.79 Å². The molecule has 17 heavy (non-hydrogen) atoms. The van der Waals surface area contributed by atoms with Crippen LogP contribution < -0.4 is 0 Å². The van der Waals surface area contributed by atoms with Crippen LogP contribution in [0.25, 0.3) is 0 Å². The first kappa shape index (κ1) is 14.0. The van der Waals surface area contributed by atoms with Crippen molar-refractivity contribution in [3.05, 3.63) is 12.2 Å². The van der Waals surface area contributed by atoms with Crippen molar-refractivity contribution < 1.29 is 19.5 Å². The Balaban J connectivity index is 2.67.